The van der Waals surface area contributed by atoms with Gasteiger partial charge in [-0.05, 0) is 37.1 Å². The largest absolute Gasteiger partial charge is 0.298 e. The van der Waals surface area contributed by atoms with Crippen LogP contribution in [0.5, 0.6) is 0 Å². The van der Waals surface area contributed by atoms with Crippen LogP contribution in [0, 0.1) is 19.3 Å². The van der Waals surface area contributed by atoms with Crippen LogP contribution in [0.1, 0.15) is 31.9 Å². The first kappa shape index (κ1) is 14.1. The number of benzene rings is 1. The minimum absolute atomic E-state index is 0.0362. The lowest BCUT2D eigenvalue weighted by molar-refractivity contribution is -0.123. The molecular formula is C14H20O2S. The molecule has 17 heavy (non-hydrogen) atoms. The number of carbonyl (C=O) groups is 1. The third kappa shape index (κ3) is 3.77. The number of hydrogen-bond acceptors (Lipinski definition) is 2. The molecule has 0 amide bonds. The summed E-state index contributed by atoms with van der Waals surface area (Å²) in [6, 6.07) is 5.69. The molecule has 1 aromatic carbocycles. The van der Waals surface area contributed by atoms with Gasteiger partial charge in [0.2, 0.25) is 0 Å². The summed E-state index contributed by atoms with van der Waals surface area (Å²) >= 11 is 0. The lowest BCUT2D eigenvalue weighted by Crippen LogP contribution is -2.25. The Hall–Kier alpha value is -0.960. The maximum absolute atomic E-state index is 12.1. The Morgan fingerprint density at radius 2 is 1.76 bits per heavy atom. The lowest BCUT2D eigenvalue weighted by atomic mass is 9.92. The molecule has 0 aromatic heterocycles. The molecule has 0 aliphatic rings. The summed E-state index contributed by atoms with van der Waals surface area (Å²) in [5.74, 6) is 0.139. The van der Waals surface area contributed by atoms with Crippen molar-refractivity contribution in [3.63, 3.8) is 0 Å². The second-order valence-corrected chi connectivity index (χ2v) is 6.86. The third-order valence-electron chi connectivity index (χ3n) is 2.84. The molecule has 0 saturated carbocycles. The fourth-order valence-electron chi connectivity index (χ4n) is 1.27. The maximum atomic E-state index is 12.1. The molecule has 2 nitrogen and oxygen atoms in total. The first-order chi connectivity index (χ1) is 7.71. The van der Waals surface area contributed by atoms with Gasteiger partial charge in [-0.15, -0.1) is 0 Å². The van der Waals surface area contributed by atoms with E-state index in [4.69, 9.17) is 0 Å². The first-order valence-electron chi connectivity index (χ1n) is 5.71. The summed E-state index contributed by atoms with van der Waals surface area (Å²) < 4.78 is 12.1. The highest BCUT2D eigenvalue weighted by Crippen LogP contribution is 2.18. The number of carbonyl (C=O) groups excluding carboxylic acids is 1. The molecule has 0 radical (unpaired) electrons. The molecule has 94 valence electrons. The van der Waals surface area contributed by atoms with E-state index < -0.39 is 16.2 Å². The number of rotatable bonds is 3. The Kier molecular flexibility index (Phi) is 4.26. The molecule has 0 fully saturated rings. The Morgan fingerprint density at radius 3 is 2.24 bits per heavy atom. The van der Waals surface area contributed by atoms with Crippen LogP contribution in [0.25, 0.3) is 0 Å². The first-order valence-corrected chi connectivity index (χ1v) is 7.02. The molecule has 0 saturated heterocycles. The van der Waals surface area contributed by atoms with Crippen LogP contribution < -0.4 is 0 Å². The van der Waals surface area contributed by atoms with E-state index in [9.17, 15) is 9.00 Å². The van der Waals surface area contributed by atoms with Crippen molar-refractivity contribution in [1.29, 1.82) is 0 Å². The highest BCUT2D eigenvalue weighted by atomic mass is 32.2. The zero-order valence-electron chi connectivity index (χ0n) is 11.2. The van der Waals surface area contributed by atoms with Crippen molar-refractivity contribution in [2.24, 2.45) is 5.41 Å². The average Bonchev–Trinajstić information content (AvgIpc) is 2.20. The van der Waals surface area contributed by atoms with Crippen LogP contribution >= 0.6 is 0 Å². The van der Waals surface area contributed by atoms with Crippen molar-refractivity contribution < 1.29 is 9.00 Å². The predicted molar refractivity (Wildman–Crippen MR) is 71.7 cm³/mol. The summed E-state index contributed by atoms with van der Waals surface area (Å²) in [5.41, 5.74) is 1.86. The minimum Gasteiger partial charge on any atom is -0.298 e. The van der Waals surface area contributed by atoms with Crippen LogP contribution in [0.4, 0.5) is 0 Å². The van der Waals surface area contributed by atoms with Gasteiger partial charge in [-0.25, -0.2) is 0 Å². The van der Waals surface area contributed by atoms with E-state index in [-0.39, 0.29) is 11.5 Å². The maximum Gasteiger partial charge on any atom is 0.151 e. The van der Waals surface area contributed by atoms with Gasteiger partial charge in [-0.2, -0.15) is 0 Å². The van der Waals surface area contributed by atoms with Crippen LogP contribution in [-0.2, 0) is 15.6 Å². The lowest BCUT2D eigenvalue weighted by Gasteiger charge is -2.16. The quantitative estimate of drug-likeness (QED) is 0.828. The van der Waals surface area contributed by atoms with E-state index >= 15 is 0 Å². The van der Waals surface area contributed by atoms with Crippen LogP contribution in [0.15, 0.2) is 23.1 Å². The van der Waals surface area contributed by atoms with Gasteiger partial charge in [0.15, 0.2) is 5.78 Å². The van der Waals surface area contributed by atoms with Gasteiger partial charge < -0.3 is 0 Å². The fraction of sp³-hybridized carbons (Fsp3) is 0.500. The second kappa shape index (κ2) is 5.13. The fourth-order valence-corrected chi connectivity index (χ4v) is 2.64. The molecule has 0 heterocycles. The predicted octanol–water partition coefficient (Wildman–Crippen LogP) is 3.03. The van der Waals surface area contributed by atoms with Crippen molar-refractivity contribution in [3.8, 4) is 0 Å². The van der Waals surface area contributed by atoms with E-state index in [1.165, 1.54) is 5.56 Å². The number of ketones is 1. The van der Waals surface area contributed by atoms with Crippen molar-refractivity contribution in [2.45, 2.75) is 39.5 Å². The van der Waals surface area contributed by atoms with Gasteiger partial charge in [-0.3, -0.25) is 9.00 Å². The highest BCUT2D eigenvalue weighted by molar-refractivity contribution is 7.85. The number of hydrogen-bond donors (Lipinski definition) is 0. The summed E-state index contributed by atoms with van der Waals surface area (Å²) in [6.07, 6.45) is 0. The van der Waals surface area contributed by atoms with Crippen molar-refractivity contribution >= 4 is 16.6 Å². The van der Waals surface area contributed by atoms with Crippen molar-refractivity contribution in [1.82, 2.24) is 0 Å². The van der Waals surface area contributed by atoms with Crippen molar-refractivity contribution in [2.75, 3.05) is 5.75 Å². The molecular weight excluding hydrogens is 232 g/mol. The minimum atomic E-state index is -1.23. The monoisotopic (exact) mass is 252 g/mol. The van der Waals surface area contributed by atoms with Gasteiger partial charge in [0.05, 0.1) is 16.6 Å². The van der Waals surface area contributed by atoms with Gasteiger partial charge >= 0.3 is 0 Å². The molecule has 0 aliphatic carbocycles. The van der Waals surface area contributed by atoms with Gasteiger partial charge in [-0.1, -0.05) is 26.8 Å². The van der Waals surface area contributed by atoms with Crippen LogP contribution in [0.3, 0.4) is 0 Å². The Morgan fingerprint density at radius 1 is 1.18 bits per heavy atom. The molecule has 0 N–H and O–H groups in total. The zero-order chi connectivity index (χ0) is 13.2. The third-order valence-corrected chi connectivity index (χ3v) is 4.14. The zero-order valence-corrected chi connectivity index (χ0v) is 12.0. The van der Waals surface area contributed by atoms with E-state index in [2.05, 4.69) is 0 Å². The summed E-state index contributed by atoms with van der Waals surface area (Å²) in [6.45, 7) is 9.57. The van der Waals surface area contributed by atoms with Crippen molar-refractivity contribution in [3.05, 3.63) is 29.3 Å². The van der Waals surface area contributed by atoms with E-state index in [0.717, 1.165) is 10.5 Å². The van der Waals surface area contributed by atoms with Gasteiger partial charge in [0.1, 0.15) is 0 Å². The molecule has 1 rings (SSSR count). The Balaban J connectivity index is 2.84. The smallest absolute Gasteiger partial charge is 0.151 e. The van der Waals surface area contributed by atoms with E-state index in [0.29, 0.717) is 0 Å². The Bertz CT molecular complexity index is 456. The average molecular weight is 252 g/mol. The summed E-state index contributed by atoms with van der Waals surface area (Å²) in [4.78, 5) is 12.5. The highest BCUT2D eigenvalue weighted by Gasteiger charge is 2.23. The normalized spacial score (nSPS) is 13.5. The Labute approximate surface area is 106 Å². The molecule has 0 aliphatic heterocycles. The molecule has 1 atom stereocenters. The SMILES string of the molecule is Cc1ccc(S(=O)CC(=O)C(C)(C)C)cc1C. The molecule has 0 bridgehead atoms. The molecule has 3 heteroatoms. The van der Waals surface area contributed by atoms with E-state index in [1.54, 1.807) is 0 Å². The van der Waals surface area contributed by atoms with Gasteiger partial charge in [0, 0.05) is 10.3 Å². The molecule has 0 spiro atoms. The van der Waals surface area contributed by atoms with Crippen LogP contribution in [0.2, 0.25) is 0 Å². The molecule has 1 aromatic rings. The number of Topliss-reactive ketones (excluding diaryl/α,β-unsaturated/α-hetero) is 1. The standard InChI is InChI=1S/C14H20O2S/c1-10-6-7-12(8-11(10)2)17(16)9-13(15)14(3,4)5/h6-8H,9H2,1-5H3. The number of aryl methyl sites for hydroxylation is 2. The summed E-state index contributed by atoms with van der Waals surface area (Å²) in [7, 11) is -1.23. The summed E-state index contributed by atoms with van der Waals surface area (Å²) in [5, 5.41) is 0. The molecule has 1 unspecified atom stereocenters. The van der Waals surface area contributed by atoms with E-state index in [1.807, 2.05) is 52.8 Å². The van der Waals surface area contributed by atoms with Gasteiger partial charge in [0.25, 0.3) is 0 Å². The topological polar surface area (TPSA) is 34.1 Å². The second-order valence-electron chi connectivity index (χ2n) is 5.41. The van der Waals surface area contributed by atoms with Crippen LogP contribution in [-0.4, -0.2) is 15.7 Å².